The molecule has 0 aromatic rings. The van der Waals surface area contributed by atoms with Crippen LogP contribution in [0, 0.1) is 0 Å². The largest absolute Gasteiger partial charge is 0.306 e. The summed E-state index contributed by atoms with van der Waals surface area (Å²) >= 11 is 0. The zero-order chi connectivity index (χ0) is 14.5. The van der Waals surface area contributed by atoms with Gasteiger partial charge in [-0.05, 0) is 39.1 Å². The molecule has 0 saturated carbocycles. The molecule has 1 unspecified atom stereocenters. The Labute approximate surface area is 124 Å². The van der Waals surface area contributed by atoms with E-state index in [0.717, 1.165) is 19.1 Å². The molecule has 1 fully saturated rings. The first kappa shape index (κ1) is 15.6. The number of likely N-dealkylation sites (N-methyl/N-ethyl adjacent to an activating group) is 1. The predicted molar refractivity (Wildman–Crippen MR) is 86.3 cm³/mol. The molecule has 1 atom stereocenters. The van der Waals surface area contributed by atoms with Crippen LogP contribution >= 0.6 is 0 Å². The first-order valence-corrected chi connectivity index (χ1v) is 8.18. The number of rotatable bonds is 7. The molecule has 2 aliphatic heterocycles. The topological polar surface area (TPSA) is 9.72 Å². The van der Waals surface area contributed by atoms with E-state index < -0.39 is 0 Å². The van der Waals surface area contributed by atoms with Crippen LogP contribution in [0.4, 0.5) is 0 Å². The molecule has 20 heavy (non-hydrogen) atoms. The first-order valence-electron chi connectivity index (χ1n) is 8.18. The van der Waals surface area contributed by atoms with Crippen molar-refractivity contribution in [2.45, 2.75) is 58.0 Å². The molecule has 2 rings (SSSR count). The van der Waals surface area contributed by atoms with E-state index in [1.165, 1.54) is 37.7 Å². The number of hydrazine groups is 1. The fourth-order valence-corrected chi connectivity index (χ4v) is 3.07. The minimum atomic E-state index is 0.583. The van der Waals surface area contributed by atoms with Gasteiger partial charge in [0.2, 0.25) is 0 Å². The lowest BCUT2D eigenvalue weighted by atomic mass is 9.98. The van der Waals surface area contributed by atoms with Gasteiger partial charge in [0.25, 0.3) is 0 Å². The lowest BCUT2D eigenvalue weighted by Crippen LogP contribution is -2.64. The van der Waals surface area contributed by atoms with Gasteiger partial charge in [-0.2, -0.15) is 0 Å². The van der Waals surface area contributed by atoms with Gasteiger partial charge in [0.1, 0.15) is 0 Å². The van der Waals surface area contributed by atoms with Crippen LogP contribution in [0.3, 0.4) is 0 Å². The Kier molecular flexibility index (Phi) is 5.67. The van der Waals surface area contributed by atoms with E-state index in [4.69, 9.17) is 0 Å². The Morgan fingerprint density at radius 3 is 2.60 bits per heavy atom. The van der Waals surface area contributed by atoms with Gasteiger partial charge in [-0.15, -0.1) is 0 Å². The molecule has 114 valence electrons. The molecule has 0 radical (unpaired) electrons. The van der Waals surface area contributed by atoms with Crippen molar-refractivity contribution < 1.29 is 0 Å². The van der Waals surface area contributed by atoms with Crippen molar-refractivity contribution in [3.63, 3.8) is 0 Å². The fraction of sp³-hybridized carbons (Fsp3) is 0.765. The van der Waals surface area contributed by atoms with E-state index >= 15 is 0 Å². The Balaban J connectivity index is 1.86. The summed E-state index contributed by atoms with van der Waals surface area (Å²) in [6.45, 7) is 6.89. The number of allylic oxidation sites excluding steroid dienone is 2. The monoisotopic (exact) mass is 277 g/mol. The molecule has 0 aromatic carbocycles. The SMILES string of the molecule is CCCCCCC1C(C)=CC=CN1N1CC(N(C)C)C1. The van der Waals surface area contributed by atoms with Crippen molar-refractivity contribution in [3.8, 4) is 0 Å². The highest BCUT2D eigenvalue weighted by atomic mass is 15.7. The molecule has 2 heterocycles. The molecule has 3 nitrogen and oxygen atoms in total. The third-order valence-corrected chi connectivity index (χ3v) is 4.67. The molecule has 0 spiro atoms. The summed E-state index contributed by atoms with van der Waals surface area (Å²) in [5.41, 5.74) is 1.51. The molecule has 0 bridgehead atoms. The second-order valence-corrected chi connectivity index (χ2v) is 6.49. The molecule has 0 aliphatic carbocycles. The summed E-state index contributed by atoms with van der Waals surface area (Å²) in [7, 11) is 4.36. The van der Waals surface area contributed by atoms with E-state index in [2.05, 4.69) is 61.2 Å². The van der Waals surface area contributed by atoms with Crippen LogP contribution in [-0.4, -0.2) is 54.2 Å². The van der Waals surface area contributed by atoms with Crippen LogP contribution < -0.4 is 0 Å². The van der Waals surface area contributed by atoms with Crippen LogP contribution in [0.2, 0.25) is 0 Å². The number of hydrogen-bond donors (Lipinski definition) is 0. The predicted octanol–water partition coefficient (Wildman–Crippen LogP) is 3.26. The van der Waals surface area contributed by atoms with E-state index in [0.29, 0.717) is 6.04 Å². The summed E-state index contributed by atoms with van der Waals surface area (Å²) in [5, 5.41) is 4.99. The molecule has 1 saturated heterocycles. The average molecular weight is 277 g/mol. The molecule has 3 heteroatoms. The van der Waals surface area contributed by atoms with Gasteiger partial charge in [0, 0.05) is 25.3 Å². The maximum Gasteiger partial charge on any atom is 0.0660 e. The van der Waals surface area contributed by atoms with E-state index in [-0.39, 0.29) is 0 Å². The van der Waals surface area contributed by atoms with E-state index in [1.807, 2.05) is 0 Å². The van der Waals surface area contributed by atoms with Gasteiger partial charge >= 0.3 is 0 Å². The van der Waals surface area contributed by atoms with Crippen molar-refractivity contribution in [2.75, 3.05) is 27.2 Å². The second kappa shape index (κ2) is 7.28. The van der Waals surface area contributed by atoms with E-state index in [1.54, 1.807) is 0 Å². The molecular weight excluding hydrogens is 246 g/mol. The van der Waals surface area contributed by atoms with Gasteiger partial charge in [-0.1, -0.05) is 38.7 Å². The summed E-state index contributed by atoms with van der Waals surface area (Å²) in [6.07, 6.45) is 13.4. The maximum absolute atomic E-state index is 2.50. The Bertz CT molecular complexity index is 353. The zero-order valence-electron chi connectivity index (χ0n) is 13.7. The molecular formula is C17H31N3. The smallest absolute Gasteiger partial charge is 0.0660 e. The zero-order valence-corrected chi connectivity index (χ0v) is 13.7. The van der Waals surface area contributed by atoms with Gasteiger partial charge in [0.15, 0.2) is 0 Å². The van der Waals surface area contributed by atoms with Crippen LogP contribution in [0.25, 0.3) is 0 Å². The second-order valence-electron chi connectivity index (χ2n) is 6.49. The maximum atomic E-state index is 2.50. The van der Waals surface area contributed by atoms with Crippen LogP contribution in [0.5, 0.6) is 0 Å². The number of nitrogens with zero attached hydrogens (tertiary/aromatic N) is 3. The average Bonchev–Trinajstić information content (AvgIpc) is 2.34. The highest BCUT2D eigenvalue weighted by molar-refractivity contribution is 5.21. The van der Waals surface area contributed by atoms with Gasteiger partial charge in [-0.25, -0.2) is 5.01 Å². The van der Waals surface area contributed by atoms with Crippen LogP contribution in [0.1, 0.15) is 46.0 Å². The van der Waals surface area contributed by atoms with Crippen molar-refractivity contribution in [1.29, 1.82) is 0 Å². The Hall–Kier alpha value is -0.800. The lowest BCUT2D eigenvalue weighted by Gasteiger charge is -2.51. The summed E-state index contributed by atoms with van der Waals surface area (Å²) < 4.78 is 0. The molecule has 2 aliphatic rings. The quantitative estimate of drug-likeness (QED) is 0.661. The molecule has 0 amide bonds. The Morgan fingerprint density at radius 1 is 1.20 bits per heavy atom. The normalized spacial score (nSPS) is 24.1. The van der Waals surface area contributed by atoms with Gasteiger partial charge < -0.3 is 9.91 Å². The Morgan fingerprint density at radius 2 is 1.95 bits per heavy atom. The number of unbranched alkanes of at least 4 members (excludes halogenated alkanes) is 3. The van der Waals surface area contributed by atoms with Gasteiger partial charge in [-0.3, -0.25) is 0 Å². The number of hydrogen-bond acceptors (Lipinski definition) is 3. The standard InChI is InChI=1S/C17H31N3/c1-5-6-7-8-11-17-15(2)10-9-12-20(17)19-13-16(14-19)18(3)4/h9-10,12,16-17H,5-8,11,13-14H2,1-4H3. The summed E-state index contributed by atoms with van der Waals surface area (Å²) in [5.74, 6) is 0. The third-order valence-electron chi connectivity index (χ3n) is 4.67. The van der Waals surface area contributed by atoms with Crippen molar-refractivity contribution in [3.05, 3.63) is 23.9 Å². The summed E-state index contributed by atoms with van der Waals surface area (Å²) in [4.78, 5) is 2.34. The van der Waals surface area contributed by atoms with E-state index in [9.17, 15) is 0 Å². The summed E-state index contributed by atoms with van der Waals surface area (Å²) in [6, 6.07) is 1.30. The minimum absolute atomic E-state index is 0.583. The highest BCUT2D eigenvalue weighted by Crippen LogP contribution is 2.27. The third kappa shape index (κ3) is 3.64. The minimum Gasteiger partial charge on any atom is -0.306 e. The van der Waals surface area contributed by atoms with Crippen LogP contribution in [0.15, 0.2) is 23.9 Å². The highest BCUT2D eigenvalue weighted by Gasteiger charge is 2.35. The van der Waals surface area contributed by atoms with Crippen molar-refractivity contribution in [1.82, 2.24) is 14.9 Å². The lowest BCUT2D eigenvalue weighted by molar-refractivity contribution is -0.0984. The first-order chi connectivity index (χ1) is 9.63. The van der Waals surface area contributed by atoms with Crippen molar-refractivity contribution >= 4 is 0 Å². The van der Waals surface area contributed by atoms with Crippen molar-refractivity contribution in [2.24, 2.45) is 0 Å². The molecule has 0 aromatic heterocycles. The fourth-order valence-electron chi connectivity index (χ4n) is 3.07. The van der Waals surface area contributed by atoms with Crippen LogP contribution in [-0.2, 0) is 0 Å². The van der Waals surface area contributed by atoms with Gasteiger partial charge in [0.05, 0.1) is 6.04 Å². The molecule has 0 N–H and O–H groups in total.